The summed E-state index contributed by atoms with van der Waals surface area (Å²) in [5, 5.41) is 3.12. The zero-order valence-electron chi connectivity index (χ0n) is 6.42. The van der Waals surface area contributed by atoms with E-state index >= 15 is 0 Å². The first-order chi connectivity index (χ1) is 5.27. The highest BCUT2D eigenvalue weighted by Gasteiger charge is 2.52. The van der Waals surface area contributed by atoms with Crippen LogP contribution in [0.5, 0.6) is 0 Å². The van der Waals surface area contributed by atoms with Gasteiger partial charge in [-0.1, -0.05) is 0 Å². The van der Waals surface area contributed by atoms with Gasteiger partial charge in [0.2, 0.25) is 0 Å². The fourth-order valence-electron chi connectivity index (χ4n) is 1.74. The second-order valence-electron chi connectivity index (χ2n) is 3.09. The number of esters is 1. The molecule has 2 atom stereocenters. The number of fused-ring (bicyclic) bond motifs is 2. The second kappa shape index (κ2) is 2.19. The molecule has 62 valence electrons. The van der Waals surface area contributed by atoms with Gasteiger partial charge in [-0.05, 0) is 0 Å². The Morgan fingerprint density at radius 2 is 2.64 bits per heavy atom. The quantitative estimate of drug-likeness (QED) is 0.511. The van der Waals surface area contributed by atoms with Crippen molar-refractivity contribution in [2.75, 3.05) is 20.3 Å². The van der Waals surface area contributed by atoms with Crippen molar-refractivity contribution in [3.8, 4) is 0 Å². The molecule has 2 aliphatic heterocycles. The summed E-state index contributed by atoms with van der Waals surface area (Å²) >= 11 is 0. The molecule has 4 nitrogen and oxygen atoms in total. The Hall–Kier alpha value is -0.610. The van der Waals surface area contributed by atoms with Crippen molar-refractivity contribution in [3.05, 3.63) is 0 Å². The zero-order valence-corrected chi connectivity index (χ0v) is 6.42. The summed E-state index contributed by atoms with van der Waals surface area (Å²) in [4.78, 5) is 11.2. The van der Waals surface area contributed by atoms with Crippen LogP contribution in [0.1, 0.15) is 6.42 Å². The third-order valence-corrected chi connectivity index (χ3v) is 2.39. The van der Waals surface area contributed by atoms with Crippen LogP contribution in [0.2, 0.25) is 0 Å². The van der Waals surface area contributed by atoms with Crippen LogP contribution >= 0.6 is 0 Å². The molecule has 2 heterocycles. The van der Waals surface area contributed by atoms with Crippen LogP contribution in [-0.2, 0) is 14.3 Å². The SMILES string of the molecule is COC(=O)C12COC(CN1)C2. The molecule has 2 unspecified atom stereocenters. The highest BCUT2D eigenvalue weighted by molar-refractivity contribution is 5.82. The summed E-state index contributed by atoms with van der Waals surface area (Å²) in [6.07, 6.45) is 0.980. The average Bonchev–Trinajstić information content (AvgIpc) is 2.62. The van der Waals surface area contributed by atoms with E-state index in [0.717, 1.165) is 13.0 Å². The molecular formula is C7H11NO3. The monoisotopic (exact) mass is 157 g/mol. The molecule has 2 rings (SSSR count). The van der Waals surface area contributed by atoms with Crippen LogP contribution in [0.15, 0.2) is 0 Å². The molecule has 0 aromatic heterocycles. The van der Waals surface area contributed by atoms with Gasteiger partial charge in [0.05, 0.1) is 19.8 Å². The summed E-state index contributed by atoms with van der Waals surface area (Å²) < 4.78 is 9.99. The van der Waals surface area contributed by atoms with E-state index in [0.29, 0.717) is 6.61 Å². The van der Waals surface area contributed by atoms with Crippen molar-refractivity contribution in [1.29, 1.82) is 0 Å². The van der Waals surface area contributed by atoms with Gasteiger partial charge < -0.3 is 9.47 Å². The van der Waals surface area contributed by atoms with E-state index < -0.39 is 5.54 Å². The number of rotatable bonds is 1. The van der Waals surface area contributed by atoms with E-state index in [1.807, 2.05) is 0 Å². The molecule has 2 fully saturated rings. The van der Waals surface area contributed by atoms with Gasteiger partial charge in [-0.25, -0.2) is 4.79 Å². The largest absolute Gasteiger partial charge is 0.468 e. The lowest BCUT2D eigenvalue weighted by atomic mass is 10.0. The smallest absolute Gasteiger partial charge is 0.328 e. The first-order valence-corrected chi connectivity index (χ1v) is 3.72. The number of nitrogens with one attached hydrogen (secondary N) is 1. The molecule has 1 N–H and O–H groups in total. The van der Waals surface area contributed by atoms with Crippen LogP contribution in [0, 0.1) is 0 Å². The van der Waals surface area contributed by atoms with Crippen molar-refractivity contribution >= 4 is 5.97 Å². The number of ether oxygens (including phenoxy) is 2. The summed E-state index contributed by atoms with van der Waals surface area (Å²) in [5.41, 5.74) is -0.514. The van der Waals surface area contributed by atoms with Crippen LogP contribution in [0.4, 0.5) is 0 Å². The number of methoxy groups -OCH3 is 1. The van der Waals surface area contributed by atoms with E-state index in [-0.39, 0.29) is 12.1 Å². The lowest BCUT2D eigenvalue weighted by molar-refractivity contribution is -0.148. The Morgan fingerprint density at radius 3 is 3.00 bits per heavy atom. The van der Waals surface area contributed by atoms with Crippen LogP contribution in [0.3, 0.4) is 0 Å². The second-order valence-corrected chi connectivity index (χ2v) is 3.09. The topological polar surface area (TPSA) is 47.6 Å². The Kier molecular flexibility index (Phi) is 1.40. The maximum absolute atomic E-state index is 11.2. The Labute approximate surface area is 64.9 Å². The number of hydrogen-bond donors (Lipinski definition) is 1. The van der Waals surface area contributed by atoms with E-state index in [4.69, 9.17) is 4.74 Å². The molecule has 2 saturated heterocycles. The predicted octanol–water partition coefficient (Wildman–Crippen LogP) is -0.710. The number of carbonyl (C=O) groups excluding carboxylic acids is 1. The summed E-state index contributed by atoms with van der Waals surface area (Å²) in [5.74, 6) is -0.197. The maximum Gasteiger partial charge on any atom is 0.328 e. The molecular weight excluding hydrogens is 146 g/mol. The molecule has 4 heteroatoms. The highest BCUT2D eigenvalue weighted by Crippen LogP contribution is 2.30. The van der Waals surface area contributed by atoms with E-state index in [2.05, 4.69) is 10.1 Å². The minimum Gasteiger partial charge on any atom is -0.468 e. The lowest BCUT2D eigenvalue weighted by Gasteiger charge is -2.23. The van der Waals surface area contributed by atoms with Gasteiger partial charge in [0.1, 0.15) is 5.54 Å². The van der Waals surface area contributed by atoms with Crippen molar-refractivity contribution < 1.29 is 14.3 Å². The van der Waals surface area contributed by atoms with Crippen molar-refractivity contribution in [3.63, 3.8) is 0 Å². The third-order valence-electron chi connectivity index (χ3n) is 2.39. The first-order valence-electron chi connectivity index (χ1n) is 3.72. The van der Waals surface area contributed by atoms with Gasteiger partial charge in [0, 0.05) is 13.0 Å². The Balaban J connectivity index is 2.16. The van der Waals surface area contributed by atoms with Gasteiger partial charge in [0.25, 0.3) is 0 Å². The van der Waals surface area contributed by atoms with Crippen LogP contribution in [-0.4, -0.2) is 37.9 Å². The van der Waals surface area contributed by atoms with Gasteiger partial charge in [-0.3, -0.25) is 5.32 Å². The molecule has 0 aliphatic carbocycles. The average molecular weight is 157 g/mol. The van der Waals surface area contributed by atoms with Crippen molar-refractivity contribution in [1.82, 2.24) is 5.32 Å². The molecule has 0 radical (unpaired) electrons. The summed E-state index contributed by atoms with van der Waals surface area (Å²) in [6.45, 7) is 1.24. The molecule has 0 spiro atoms. The molecule has 2 aliphatic rings. The molecule has 11 heavy (non-hydrogen) atoms. The molecule has 0 amide bonds. The number of morpholine rings is 1. The maximum atomic E-state index is 11.2. The van der Waals surface area contributed by atoms with E-state index in [9.17, 15) is 4.79 Å². The first kappa shape index (κ1) is 7.06. The Morgan fingerprint density at radius 1 is 1.82 bits per heavy atom. The third kappa shape index (κ3) is 0.862. The molecule has 0 aromatic rings. The minimum absolute atomic E-state index is 0.197. The fraction of sp³-hybridized carbons (Fsp3) is 0.857. The van der Waals surface area contributed by atoms with Gasteiger partial charge in [-0.15, -0.1) is 0 Å². The summed E-state index contributed by atoms with van der Waals surface area (Å²) in [6, 6.07) is 0. The van der Waals surface area contributed by atoms with Gasteiger partial charge in [0.15, 0.2) is 0 Å². The van der Waals surface area contributed by atoms with Crippen LogP contribution < -0.4 is 5.32 Å². The zero-order chi connectivity index (χ0) is 7.90. The highest BCUT2D eigenvalue weighted by atomic mass is 16.5. The Bertz CT molecular complexity index is 184. The van der Waals surface area contributed by atoms with Crippen molar-refractivity contribution in [2.24, 2.45) is 0 Å². The fourth-order valence-corrected chi connectivity index (χ4v) is 1.74. The van der Waals surface area contributed by atoms with E-state index in [1.54, 1.807) is 0 Å². The number of hydrogen-bond acceptors (Lipinski definition) is 4. The number of carbonyl (C=O) groups is 1. The lowest BCUT2D eigenvalue weighted by Crippen LogP contribution is -2.51. The minimum atomic E-state index is -0.514. The van der Waals surface area contributed by atoms with E-state index in [1.165, 1.54) is 7.11 Å². The van der Waals surface area contributed by atoms with Crippen molar-refractivity contribution in [2.45, 2.75) is 18.1 Å². The normalized spacial score (nSPS) is 41.0. The van der Waals surface area contributed by atoms with Gasteiger partial charge in [-0.2, -0.15) is 0 Å². The predicted molar refractivity (Wildman–Crippen MR) is 37.1 cm³/mol. The van der Waals surface area contributed by atoms with Crippen LogP contribution in [0.25, 0.3) is 0 Å². The van der Waals surface area contributed by atoms with Gasteiger partial charge >= 0.3 is 5.97 Å². The summed E-state index contributed by atoms with van der Waals surface area (Å²) in [7, 11) is 1.41. The molecule has 0 saturated carbocycles. The molecule has 2 bridgehead atoms. The standard InChI is InChI=1S/C7H11NO3/c1-10-6(9)7-2-5(3-8-7)11-4-7/h5,8H,2-4H2,1H3. The molecule has 0 aromatic carbocycles.